The van der Waals surface area contributed by atoms with Crippen LogP contribution >= 0.6 is 0 Å². The average Bonchev–Trinajstić information content (AvgIpc) is 2.62. The summed E-state index contributed by atoms with van der Waals surface area (Å²) in [5.41, 5.74) is 2.63. The smallest absolute Gasteiger partial charge is 0.303 e. The first kappa shape index (κ1) is 18.3. The van der Waals surface area contributed by atoms with Crippen LogP contribution in [0.4, 0.5) is 0 Å². The summed E-state index contributed by atoms with van der Waals surface area (Å²) in [4.78, 5) is 11.2. The van der Waals surface area contributed by atoms with Gasteiger partial charge in [-0.15, -0.1) is 0 Å². The molecule has 0 aliphatic rings. The Hall–Kier alpha value is -2.09. The minimum Gasteiger partial charge on any atom is -0.481 e. The number of rotatable bonds is 9. The molecule has 0 amide bonds. The van der Waals surface area contributed by atoms with E-state index in [0.717, 1.165) is 12.8 Å². The van der Waals surface area contributed by atoms with Gasteiger partial charge in [-0.1, -0.05) is 80.9 Å². The average molecular weight is 324 g/mol. The molecule has 2 aromatic carbocycles. The molecule has 0 saturated heterocycles. The topological polar surface area (TPSA) is 37.3 Å². The van der Waals surface area contributed by atoms with Crippen molar-refractivity contribution < 1.29 is 9.90 Å². The maximum atomic E-state index is 11.2. The third-order valence-electron chi connectivity index (χ3n) is 5.07. The van der Waals surface area contributed by atoms with Crippen molar-refractivity contribution in [3.05, 3.63) is 71.8 Å². The summed E-state index contributed by atoms with van der Waals surface area (Å²) in [6.07, 6.45) is 3.04. The van der Waals surface area contributed by atoms with Crippen molar-refractivity contribution in [3.63, 3.8) is 0 Å². The second-order valence-corrected chi connectivity index (χ2v) is 6.45. The molecule has 3 atom stereocenters. The van der Waals surface area contributed by atoms with Gasteiger partial charge in [-0.2, -0.15) is 0 Å². The third-order valence-corrected chi connectivity index (χ3v) is 5.07. The van der Waals surface area contributed by atoms with Gasteiger partial charge in [0, 0.05) is 6.42 Å². The minimum absolute atomic E-state index is 0.223. The van der Waals surface area contributed by atoms with Gasteiger partial charge in [0.05, 0.1) is 0 Å². The predicted molar refractivity (Wildman–Crippen MR) is 99.3 cm³/mol. The molecule has 0 bridgehead atoms. The Labute approximate surface area is 145 Å². The highest BCUT2D eigenvalue weighted by atomic mass is 16.4. The SMILES string of the molecule is CCC(c1ccccc1)C(CC)C(CCC(=O)O)c1ccccc1. The number of hydrogen-bond acceptors (Lipinski definition) is 1. The number of carboxylic acid groups (broad SMARTS) is 1. The van der Waals surface area contributed by atoms with E-state index in [1.165, 1.54) is 11.1 Å². The Morgan fingerprint density at radius 2 is 1.33 bits per heavy atom. The third kappa shape index (κ3) is 4.70. The highest BCUT2D eigenvalue weighted by Gasteiger charge is 2.29. The van der Waals surface area contributed by atoms with Gasteiger partial charge in [-0.3, -0.25) is 4.79 Å². The Morgan fingerprint density at radius 1 is 0.833 bits per heavy atom. The Balaban J connectivity index is 2.34. The fourth-order valence-electron chi connectivity index (χ4n) is 3.94. The molecule has 2 aromatic rings. The van der Waals surface area contributed by atoms with E-state index < -0.39 is 5.97 Å². The summed E-state index contributed by atoms with van der Waals surface area (Å²) in [5, 5.41) is 9.18. The molecular weight excluding hydrogens is 296 g/mol. The van der Waals surface area contributed by atoms with Gasteiger partial charge in [0.15, 0.2) is 0 Å². The van der Waals surface area contributed by atoms with Crippen molar-refractivity contribution >= 4 is 5.97 Å². The van der Waals surface area contributed by atoms with Crippen LogP contribution < -0.4 is 0 Å². The van der Waals surface area contributed by atoms with Crippen molar-refractivity contribution in [1.29, 1.82) is 0 Å². The second-order valence-electron chi connectivity index (χ2n) is 6.45. The van der Waals surface area contributed by atoms with E-state index in [9.17, 15) is 9.90 Å². The highest BCUT2D eigenvalue weighted by molar-refractivity contribution is 5.66. The van der Waals surface area contributed by atoms with E-state index in [4.69, 9.17) is 0 Å². The van der Waals surface area contributed by atoms with Gasteiger partial charge >= 0.3 is 5.97 Å². The molecule has 128 valence electrons. The lowest BCUT2D eigenvalue weighted by molar-refractivity contribution is -0.137. The lowest BCUT2D eigenvalue weighted by atomic mass is 9.71. The van der Waals surface area contributed by atoms with Crippen molar-refractivity contribution in [1.82, 2.24) is 0 Å². The molecule has 2 heteroatoms. The number of aliphatic carboxylic acids is 1. The van der Waals surface area contributed by atoms with Crippen LogP contribution in [0, 0.1) is 5.92 Å². The Morgan fingerprint density at radius 3 is 1.75 bits per heavy atom. The van der Waals surface area contributed by atoms with E-state index in [1.807, 2.05) is 6.07 Å². The predicted octanol–water partition coefficient (Wildman–Crippen LogP) is 5.86. The molecule has 0 aliphatic heterocycles. The zero-order chi connectivity index (χ0) is 17.4. The van der Waals surface area contributed by atoms with E-state index in [1.54, 1.807) is 0 Å². The molecule has 0 heterocycles. The van der Waals surface area contributed by atoms with Crippen LogP contribution in [-0.4, -0.2) is 11.1 Å². The molecule has 0 spiro atoms. The summed E-state index contributed by atoms with van der Waals surface area (Å²) < 4.78 is 0. The molecule has 0 aliphatic carbocycles. The number of hydrogen-bond donors (Lipinski definition) is 1. The molecule has 2 nitrogen and oxygen atoms in total. The Kier molecular flexibility index (Phi) is 7.05. The van der Waals surface area contributed by atoms with Gasteiger partial charge in [0.25, 0.3) is 0 Å². The lowest BCUT2D eigenvalue weighted by Crippen LogP contribution is -2.21. The van der Waals surface area contributed by atoms with Crippen LogP contribution in [0.5, 0.6) is 0 Å². The fourth-order valence-corrected chi connectivity index (χ4v) is 3.94. The van der Waals surface area contributed by atoms with Crippen molar-refractivity contribution in [2.24, 2.45) is 5.92 Å². The van der Waals surface area contributed by atoms with Gasteiger partial charge < -0.3 is 5.11 Å². The van der Waals surface area contributed by atoms with Crippen LogP contribution in [0.25, 0.3) is 0 Å². The maximum Gasteiger partial charge on any atom is 0.303 e. The molecule has 0 saturated carbocycles. The molecular formula is C22H28O2. The van der Waals surface area contributed by atoms with E-state index in [2.05, 4.69) is 68.4 Å². The molecule has 0 radical (unpaired) electrons. The number of benzene rings is 2. The van der Waals surface area contributed by atoms with Gasteiger partial charge in [-0.25, -0.2) is 0 Å². The summed E-state index contributed by atoms with van der Waals surface area (Å²) in [6, 6.07) is 21.1. The zero-order valence-corrected chi connectivity index (χ0v) is 14.7. The monoisotopic (exact) mass is 324 g/mol. The minimum atomic E-state index is -0.710. The van der Waals surface area contributed by atoms with Crippen molar-refractivity contribution in [2.45, 2.75) is 51.4 Å². The first-order valence-electron chi connectivity index (χ1n) is 8.99. The van der Waals surface area contributed by atoms with Gasteiger partial charge in [0.2, 0.25) is 0 Å². The Bertz CT molecular complexity index is 606. The molecule has 0 fully saturated rings. The van der Waals surface area contributed by atoms with Gasteiger partial charge in [-0.05, 0) is 41.7 Å². The number of carbonyl (C=O) groups is 1. The van der Waals surface area contributed by atoms with E-state index >= 15 is 0 Å². The van der Waals surface area contributed by atoms with Crippen LogP contribution in [-0.2, 0) is 4.79 Å². The van der Waals surface area contributed by atoms with Crippen LogP contribution in [0.1, 0.15) is 62.5 Å². The molecule has 0 aromatic heterocycles. The van der Waals surface area contributed by atoms with Crippen molar-refractivity contribution in [3.8, 4) is 0 Å². The summed E-state index contributed by atoms with van der Waals surface area (Å²) in [6.45, 7) is 4.46. The quantitative estimate of drug-likeness (QED) is 0.627. The molecule has 3 unspecified atom stereocenters. The van der Waals surface area contributed by atoms with Gasteiger partial charge in [0.1, 0.15) is 0 Å². The van der Waals surface area contributed by atoms with Crippen LogP contribution in [0.15, 0.2) is 60.7 Å². The van der Waals surface area contributed by atoms with Crippen LogP contribution in [0.2, 0.25) is 0 Å². The van der Waals surface area contributed by atoms with Crippen molar-refractivity contribution in [2.75, 3.05) is 0 Å². The second kappa shape index (κ2) is 9.27. The highest BCUT2D eigenvalue weighted by Crippen LogP contribution is 2.42. The van der Waals surface area contributed by atoms with E-state index in [0.29, 0.717) is 18.3 Å². The molecule has 1 N–H and O–H groups in total. The normalized spacial score (nSPS) is 14.8. The standard InChI is InChI=1S/C22H28O2/c1-3-19(17-11-7-5-8-12-17)20(4-2)21(15-16-22(23)24)18-13-9-6-10-14-18/h5-14,19-21H,3-4,15-16H2,1-2H3,(H,23,24). The number of carboxylic acids is 1. The molecule has 24 heavy (non-hydrogen) atoms. The van der Waals surface area contributed by atoms with Crippen LogP contribution in [0.3, 0.4) is 0 Å². The summed E-state index contributed by atoms with van der Waals surface area (Å²) in [5.74, 6) is 0.463. The van der Waals surface area contributed by atoms with E-state index in [-0.39, 0.29) is 12.3 Å². The first-order chi connectivity index (χ1) is 11.7. The lowest BCUT2D eigenvalue weighted by Gasteiger charge is -2.33. The fraction of sp³-hybridized carbons (Fsp3) is 0.409. The zero-order valence-electron chi connectivity index (χ0n) is 14.7. The first-order valence-corrected chi connectivity index (χ1v) is 8.99. The maximum absolute atomic E-state index is 11.2. The molecule has 2 rings (SSSR count). The summed E-state index contributed by atoms with van der Waals surface area (Å²) in [7, 11) is 0. The largest absolute Gasteiger partial charge is 0.481 e. The summed E-state index contributed by atoms with van der Waals surface area (Å²) >= 11 is 0.